The van der Waals surface area contributed by atoms with Crippen LogP contribution in [0.25, 0.3) is 0 Å². The van der Waals surface area contributed by atoms with Crippen LogP contribution in [0.15, 0.2) is 5.28 Å². The molecule has 2 aliphatic heterocycles. The molecule has 2 N–H and O–H groups in total. The molecule has 0 spiro atoms. The van der Waals surface area contributed by atoms with Crippen molar-refractivity contribution in [2.45, 2.75) is 24.7 Å². The zero-order valence-electron chi connectivity index (χ0n) is 6.30. The van der Waals surface area contributed by atoms with E-state index in [0.717, 1.165) is 6.42 Å². The number of carboxylic acid groups (broad SMARTS) is 1. The van der Waals surface area contributed by atoms with E-state index in [-0.39, 0.29) is 0 Å². The van der Waals surface area contributed by atoms with Crippen LogP contribution in [0.2, 0.25) is 0 Å². The minimum Gasteiger partial charge on any atom is -0.476 e. The molecule has 1 saturated heterocycles. The SMILES string of the molecule is O=C(O)C1(O)ON=[N+]2CCCC21. The monoisotopic (exact) mass is 173 g/mol. The average Bonchev–Trinajstić information content (AvgIpc) is 2.54. The van der Waals surface area contributed by atoms with Crippen LogP contribution in [0.3, 0.4) is 0 Å². The Labute approximate surface area is 68.0 Å². The summed E-state index contributed by atoms with van der Waals surface area (Å²) < 4.78 is 1.48. The largest absolute Gasteiger partial charge is 0.476 e. The summed E-state index contributed by atoms with van der Waals surface area (Å²) in [5.74, 6) is -3.50. The first kappa shape index (κ1) is 7.48. The number of carbonyl (C=O) groups is 1. The third kappa shape index (κ3) is 0.752. The Morgan fingerprint density at radius 1 is 1.75 bits per heavy atom. The molecule has 2 unspecified atom stereocenters. The van der Waals surface area contributed by atoms with Crippen LogP contribution in [0, 0.1) is 0 Å². The second-order valence-corrected chi connectivity index (χ2v) is 3.00. The molecule has 12 heavy (non-hydrogen) atoms. The smallest absolute Gasteiger partial charge is 0.401 e. The van der Waals surface area contributed by atoms with Crippen LogP contribution in [0.5, 0.6) is 0 Å². The van der Waals surface area contributed by atoms with E-state index in [9.17, 15) is 9.90 Å². The van der Waals surface area contributed by atoms with Crippen LogP contribution in [-0.4, -0.2) is 39.3 Å². The molecule has 0 amide bonds. The fourth-order valence-electron chi connectivity index (χ4n) is 1.60. The van der Waals surface area contributed by atoms with Gasteiger partial charge in [-0.1, -0.05) is 4.70 Å². The van der Waals surface area contributed by atoms with Crippen molar-refractivity contribution in [2.24, 2.45) is 5.28 Å². The molecule has 2 heterocycles. The first-order valence-electron chi connectivity index (χ1n) is 3.76. The van der Waals surface area contributed by atoms with Crippen molar-refractivity contribution in [2.75, 3.05) is 6.54 Å². The lowest BCUT2D eigenvalue weighted by molar-refractivity contribution is -0.605. The van der Waals surface area contributed by atoms with E-state index >= 15 is 0 Å². The van der Waals surface area contributed by atoms with E-state index in [2.05, 4.69) is 10.1 Å². The molecule has 0 aliphatic carbocycles. The van der Waals surface area contributed by atoms with Gasteiger partial charge in [0.25, 0.3) is 6.04 Å². The van der Waals surface area contributed by atoms with Crippen molar-refractivity contribution >= 4 is 5.97 Å². The van der Waals surface area contributed by atoms with Gasteiger partial charge in [-0.2, -0.15) is 0 Å². The van der Waals surface area contributed by atoms with E-state index in [1.165, 1.54) is 4.70 Å². The molecular formula is C6H9N2O4+. The fourth-order valence-corrected chi connectivity index (χ4v) is 1.60. The molecule has 0 bridgehead atoms. The third-order valence-corrected chi connectivity index (χ3v) is 2.27. The van der Waals surface area contributed by atoms with Crippen LogP contribution in [-0.2, 0) is 9.63 Å². The summed E-state index contributed by atoms with van der Waals surface area (Å²) in [6.45, 7) is 0.653. The number of fused-ring (bicyclic) bond motifs is 1. The van der Waals surface area contributed by atoms with Crippen molar-refractivity contribution in [3.05, 3.63) is 0 Å². The lowest BCUT2D eigenvalue weighted by atomic mass is 10.1. The summed E-state index contributed by atoms with van der Waals surface area (Å²) in [5.41, 5.74) is 0. The van der Waals surface area contributed by atoms with Gasteiger partial charge in [0.1, 0.15) is 0 Å². The number of nitrogens with zero attached hydrogens (tertiary/aromatic N) is 2. The molecule has 0 aromatic carbocycles. The number of hydrogen-bond acceptors (Lipinski definition) is 4. The molecule has 1 fully saturated rings. The van der Waals surface area contributed by atoms with Gasteiger partial charge in [0.2, 0.25) is 0 Å². The van der Waals surface area contributed by atoms with Gasteiger partial charge in [0.15, 0.2) is 11.8 Å². The number of hydrogen-bond donors (Lipinski definition) is 2. The number of aliphatic hydroxyl groups is 1. The lowest BCUT2D eigenvalue weighted by Crippen LogP contribution is -2.49. The second-order valence-electron chi connectivity index (χ2n) is 3.00. The van der Waals surface area contributed by atoms with Crippen LogP contribution in [0.1, 0.15) is 12.8 Å². The fraction of sp³-hybridized carbons (Fsp3) is 0.833. The molecule has 6 nitrogen and oxygen atoms in total. The predicted octanol–water partition coefficient (Wildman–Crippen LogP) is -0.668. The van der Waals surface area contributed by atoms with Gasteiger partial charge in [0.05, 0.1) is 0 Å². The van der Waals surface area contributed by atoms with E-state index < -0.39 is 17.8 Å². The van der Waals surface area contributed by atoms with Gasteiger partial charge in [-0.3, -0.25) is 4.84 Å². The van der Waals surface area contributed by atoms with Gasteiger partial charge >= 0.3 is 11.8 Å². The average molecular weight is 173 g/mol. The molecule has 0 aromatic heterocycles. The zero-order chi connectivity index (χ0) is 8.77. The maximum absolute atomic E-state index is 10.6. The van der Waals surface area contributed by atoms with Crippen LogP contribution >= 0.6 is 0 Å². The highest BCUT2D eigenvalue weighted by Crippen LogP contribution is 2.31. The predicted molar refractivity (Wildman–Crippen MR) is 34.2 cm³/mol. The van der Waals surface area contributed by atoms with Crippen molar-refractivity contribution in [3.63, 3.8) is 0 Å². The molecule has 6 heteroatoms. The summed E-state index contributed by atoms with van der Waals surface area (Å²) >= 11 is 0. The minimum absolute atomic E-state index is 0.519. The maximum Gasteiger partial charge on any atom is 0.401 e. The van der Waals surface area contributed by atoms with Crippen LogP contribution in [0.4, 0.5) is 0 Å². The quantitative estimate of drug-likeness (QED) is 0.515. The van der Waals surface area contributed by atoms with Crippen molar-refractivity contribution < 1.29 is 24.5 Å². The van der Waals surface area contributed by atoms with E-state index in [4.69, 9.17) is 5.11 Å². The maximum atomic E-state index is 10.6. The first-order chi connectivity index (χ1) is 5.64. The van der Waals surface area contributed by atoms with E-state index in [1.54, 1.807) is 0 Å². The van der Waals surface area contributed by atoms with Gasteiger partial charge < -0.3 is 10.2 Å². The minimum atomic E-state index is -2.13. The molecule has 2 atom stereocenters. The Balaban J connectivity index is 2.28. The van der Waals surface area contributed by atoms with Gasteiger partial charge in [-0.05, 0) is 0 Å². The topological polar surface area (TPSA) is 82.1 Å². The van der Waals surface area contributed by atoms with Gasteiger partial charge in [-0.15, -0.1) is 0 Å². The molecule has 0 radical (unpaired) electrons. The first-order valence-corrected chi connectivity index (χ1v) is 3.76. The highest BCUT2D eigenvalue weighted by molar-refractivity contribution is 5.76. The van der Waals surface area contributed by atoms with E-state index in [1.807, 2.05) is 0 Å². The normalized spacial score (nSPS) is 38.8. The molecule has 2 aliphatic rings. The third-order valence-electron chi connectivity index (χ3n) is 2.27. The molecular weight excluding hydrogens is 164 g/mol. The standard InChI is InChI=1S/C6H8N2O4/c9-5(10)6(11)4-2-1-3-8(4)7-12-6/h4,11H,1-3H2/p+1. The zero-order valence-corrected chi connectivity index (χ0v) is 6.30. The Bertz CT molecular complexity index is 264. The highest BCUT2D eigenvalue weighted by Gasteiger charge is 2.62. The Morgan fingerprint density at radius 2 is 2.50 bits per heavy atom. The highest BCUT2D eigenvalue weighted by atomic mass is 16.8. The van der Waals surface area contributed by atoms with Crippen molar-refractivity contribution in [3.8, 4) is 0 Å². The summed E-state index contributed by atoms with van der Waals surface area (Å²) in [4.78, 5) is 15.1. The molecule has 2 rings (SSSR count). The summed E-state index contributed by atoms with van der Waals surface area (Å²) in [6, 6.07) is -0.519. The lowest BCUT2D eigenvalue weighted by Gasteiger charge is -2.13. The Hall–Kier alpha value is -1.17. The van der Waals surface area contributed by atoms with Crippen LogP contribution < -0.4 is 0 Å². The number of carboxylic acids is 1. The summed E-state index contributed by atoms with van der Waals surface area (Å²) in [7, 11) is 0. The number of aliphatic carboxylic acids is 1. The Morgan fingerprint density at radius 3 is 3.17 bits per heavy atom. The molecule has 0 saturated carbocycles. The van der Waals surface area contributed by atoms with E-state index in [0.29, 0.717) is 13.0 Å². The summed E-state index contributed by atoms with van der Waals surface area (Å²) in [6.07, 6.45) is 1.44. The number of rotatable bonds is 1. The Kier molecular flexibility index (Phi) is 1.35. The molecule has 0 aromatic rings. The van der Waals surface area contributed by atoms with Gasteiger partial charge in [0, 0.05) is 12.8 Å². The molecule has 66 valence electrons. The summed E-state index contributed by atoms with van der Waals surface area (Å²) in [5, 5.41) is 21.6. The van der Waals surface area contributed by atoms with Crippen molar-refractivity contribution in [1.82, 2.24) is 0 Å². The second kappa shape index (κ2) is 2.16. The van der Waals surface area contributed by atoms with Gasteiger partial charge in [-0.25, -0.2) is 4.79 Å². The van der Waals surface area contributed by atoms with Crippen molar-refractivity contribution in [1.29, 1.82) is 0 Å².